The zero-order valence-electron chi connectivity index (χ0n) is 6.76. The number of rotatable bonds is 0. The van der Waals surface area contributed by atoms with Crippen LogP contribution in [0, 0.1) is 0 Å². The predicted molar refractivity (Wildman–Crippen MR) is 45.5 cm³/mol. The second kappa shape index (κ2) is 2.41. The Hall–Kier alpha value is -0.850. The lowest BCUT2D eigenvalue weighted by molar-refractivity contribution is 0.662. The van der Waals surface area contributed by atoms with Crippen LogP contribution in [-0.4, -0.2) is 11.8 Å². The van der Waals surface area contributed by atoms with Gasteiger partial charge in [-0.3, -0.25) is 4.99 Å². The quantitative estimate of drug-likeness (QED) is 0.483. The van der Waals surface area contributed by atoms with E-state index in [0.29, 0.717) is 0 Å². The molecule has 0 saturated heterocycles. The van der Waals surface area contributed by atoms with Crippen molar-refractivity contribution in [1.29, 1.82) is 0 Å². The van der Waals surface area contributed by atoms with Crippen molar-refractivity contribution in [2.75, 3.05) is 0 Å². The summed E-state index contributed by atoms with van der Waals surface area (Å²) < 4.78 is 0. The SMILES string of the molecule is CC1=CC=NC(C)(C)C=C1. The second-order valence-electron chi connectivity index (χ2n) is 3.18. The van der Waals surface area contributed by atoms with E-state index < -0.39 is 0 Å². The molecule has 1 heteroatoms. The van der Waals surface area contributed by atoms with Crippen LogP contribution >= 0.6 is 0 Å². The number of hydrogen-bond donors (Lipinski definition) is 0. The molecule has 0 bridgehead atoms. The van der Waals surface area contributed by atoms with Crippen LogP contribution in [0.3, 0.4) is 0 Å². The highest BCUT2D eigenvalue weighted by Gasteiger charge is 2.10. The van der Waals surface area contributed by atoms with Crippen LogP contribution < -0.4 is 0 Å². The summed E-state index contributed by atoms with van der Waals surface area (Å²) in [5.74, 6) is 0. The van der Waals surface area contributed by atoms with Crippen molar-refractivity contribution in [2.24, 2.45) is 4.99 Å². The summed E-state index contributed by atoms with van der Waals surface area (Å²) in [5.41, 5.74) is 1.24. The molecular weight excluding hydrogens is 122 g/mol. The number of nitrogens with zero attached hydrogens (tertiary/aromatic N) is 1. The molecule has 0 aromatic carbocycles. The Bertz CT molecular complexity index is 207. The summed E-state index contributed by atoms with van der Waals surface area (Å²) in [4.78, 5) is 4.32. The minimum atomic E-state index is -0.0196. The third kappa shape index (κ3) is 1.83. The Labute approximate surface area is 62.2 Å². The van der Waals surface area contributed by atoms with Crippen molar-refractivity contribution in [1.82, 2.24) is 0 Å². The number of aliphatic imine (C=N–C) groups is 1. The molecule has 0 radical (unpaired) electrons. The van der Waals surface area contributed by atoms with Crippen LogP contribution in [0.25, 0.3) is 0 Å². The second-order valence-corrected chi connectivity index (χ2v) is 3.18. The fourth-order valence-electron chi connectivity index (χ4n) is 0.781. The van der Waals surface area contributed by atoms with E-state index in [0.717, 1.165) is 0 Å². The summed E-state index contributed by atoms with van der Waals surface area (Å²) in [6.07, 6.45) is 8.11. The zero-order valence-corrected chi connectivity index (χ0v) is 6.76. The standard InChI is InChI=1S/C9H13N/c1-8-4-6-9(2,3)10-7-5-8/h4-7H,1-3H3. The van der Waals surface area contributed by atoms with Crippen LogP contribution in [0.1, 0.15) is 20.8 Å². The van der Waals surface area contributed by atoms with Gasteiger partial charge in [-0.25, -0.2) is 0 Å². The van der Waals surface area contributed by atoms with E-state index in [9.17, 15) is 0 Å². The Morgan fingerprint density at radius 1 is 1.40 bits per heavy atom. The summed E-state index contributed by atoms with van der Waals surface area (Å²) in [6.45, 7) is 6.25. The highest BCUT2D eigenvalue weighted by atomic mass is 14.8. The Morgan fingerprint density at radius 2 is 2.10 bits per heavy atom. The van der Waals surface area contributed by atoms with Gasteiger partial charge < -0.3 is 0 Å². The van der Waals surface area contributed by atoms with Gasteiger partial charge in [0.15, 0.2) is 0 Å². The molecule has 1 aliphatic heterocycles. The molecule has 0 aliphatic carbocycles. The minimum absolute atomic E-state index is 0.0196. The fourth-order valence-corrected chi connectivity index (χ4v) is 0.781. The first-order valence-electron chi connectivity index (χ1n) is 3.51. The summed E-state index contributed by atoms with van der Waals surface area (Å²) in [7, 11) is 0. The maximum atomic E-state index is 4.32. The Morgan fingerprint density at radius 3 is 2.80 bits per heavy atom. The van der Waals surface area contributed by atoms with Gasteiger partial charge in [0.1, 0.15) is 0 Å². The molecule has 0 unspecified atom stereocenters. The van der Waals surface area contributed by atoms with E-state index in [-0.39, 0.29) is 5.54 Å². The van der Waals surface area contributed by atoms with Crippen molar-refractivity contribution in [2.45, 2.75) is 26.3 Å². The van der Waals surface area contributed by atoms with Crippen LogP contribution in [0.4, 0.5) is 0 Å². The van der Waals surface area contributed by atoms with Gasteiger partial charge in [0.25, 0.3) is 0 Å². The lowest BCUT2D eigenvalue weighted by Crippen LogP contribution is -2.11. The summed E-state index contributed by atoms with van der Waals surface area (Å²) >= 11 is 0. The molecule has 0 saturated carbocycles. The average Bonchev–Trinajstić information content (AvgIpc) is 1.94. The molecular formula is C9H13N. The number of allylic oxidation sites excluding steroid dienone is 3. The minimum Gasteiger partial charge on any atom is -0.283 e. The van der Waals surface area contributed by atoms with Crippen molar-refractivity contribution in [3.05, 3.63) is 23.8 Å². The predicted octanol–water partition coefficient (Wildman–Crippen LogP) is 2.35. The van der Waals surface area contributed by atoms with Gasteiger partial charge in [-0.1, -0.05) is 12.2 Å². The van der Waals surface area contributed by atoms with Gasteiger partial charge in [0.05, 0.1) is 5.54 Å². The smallest absolute Gasteiger partial charge is 0.0734 e. The fraction of sp³-hybridized carbons (Fsp3) is 0.444. The van der Waals surface area contributed by atoms with E-state index in [1.54, 1.807) is 0 Å². The lowest BCUT2D eigenvalue weighted by Gasteiger charge is -2.11. The van der Waals surface area contributed by atoms with E-state index >= 15 is 0 Å². The third-order valence-electron chi connectivity index (χ3n) is 1.50. The Kier molecular flexibility index (Phi) is 1.75. The first-order chi connectivity index (χ1) is 4.60. The molecule has 1 rings (SSSR count). The van der Waals surface area contributed by atoms with Gasteiger partial charge >= 0.3 is 0 Å². The molecule has 1 aliphatic rings. The third-order valence-corrected chi connectivity index (χ3v) is 1.50. The topological polar surface area (TPSA) is 12.4 Å². The maximum absolute atomic E-state index is 4.32. The van der Waals surface area contributed by atoms with Gasteiger partial charge in [-0.15, -0.1) is 0 Å². The van der Waals surface area contributed by atoms with Crippen LogP contribution in [0.15, 0.2) is 28.8 Å². The van der Waals surface area contributed by atoms with E-state index in [2.05, 4.69) is 37.9 Å². The zero-order chi connectivity index (χ0) is 7.61. The number of hydrogen-bond acceptors (Lipinski definition) is 1. The molecule has 10 heavy (non-hydrogen) atoms. The van der Waals surface area contributed by atoms with Crippen LogP contribution in [-0.2, 0) is 0 Å². The van der Waals surface area contributed by atoms with Gasteiger partial charge in [-0.2, -0.15) is 0 Å². The first kappa shape index (κ1) is 7.26. The molecule has 0 aromatic heterocycles. The first-order valence-corrected chi connectivity index (χ1v) is 3.51. The highest BCUT2D eigenvalue weighted by molar-refractivity contribution is 5.74. The van der Waals surface area contributed by atoms with Crippen molar-refractivity contribution < 1.29 is 0 Å². The van der Waals surface area contributed by atoms with E-state index in [4.69, 9.17) is 0 Å². The van der Waals surface area contributed by atoms with E-state index in [1.807, 2.05) is 12.3 Å². The van der Waals surface area contributed by atoms with Crippen LogP contribution in [0.2, 0.25) is 0 Å². The molecule has 0 amide bonds. The van der Waals surface area contributed by atoms with Gasteiger partial charge in [0, 0.05) is 6.21 Å². The van der Waals surface area contributed by atoms with Crippen molar-refractivity contribution in [3.8, 4) is 0 Å². The van der Waals surface area contributed by atoms with Crippen molar-refractivity contribution >= 4 is 6.21 Å². The van der Waals surface area contributed by atoms with Crippen molar-refractivity contribution in [3.63, 3.8) is 0 Å². The molecule has 0 aromatic rings. The monoisotopic (exact) mass is 135 g/mol. The summed E-state index contributed by atoms with van der Waals surface area (Å²) in [5, 5.41) is 0. The molecule has 0 N–H and O–H groups in total. The van der Waals surface area contributed by atoms with Crippen LogP contribution in [0.5, 0.6) is 0 Å². The lowest BCUT2D eigenvalue weighted by atomic mass is 10.1. The maximum Gasteiger partial charge on any atom is 0.0734 e. The molecule has 0 fully saturated rings. The normalized spacial score (nSPS) is 22.1. The largest absolute Gasteiger partial charge is 0.283 e. The summed E-state index contributed by atoms with van der Waals surface area (Å²) in [6, 6.07) is 0. The molecule has 0 spiro atoms. The molecule has 1 heterocycles. The molecule has 0 atom stereocenters. The van der Waals surface area contributed by atoms with Gasteiger partial charge in [-0.05, 0) is 32.4 Å². The van der Waals surface area contributed by atoms with Gasteiger partial charge in [0.2, 0.25) is 0 Å². The average molecular weight is 135 g/mol. The molecule has 1 nitrogen and oxygen atoms in total. The molecule has 54 valence electrons. The Balaban J connectivity index is 2.88. The highest BCUT2D eigenvalue weighted by Crippen LogP contribution is 2.13. The van der Waals surface area contributed by atoms with E-state index in [1.165, 1.54) is 5.57 Å².